The molecule has 0 saturated carbocycles. The van der Waals surface area contributed by atoms with E-state index in [9.17, 15) is 0 Å². The molecule has 88 heavy (non-hydrogen) atoms. The highest BCUT2D eigenvalue weighted by Crippen LogP contribution is 2.26. The molecule has 490 valence electrons. The van der Waals surface area contributed by atoms with Crippen LogP contribution < -0.4 is 0 Å². The molecule has 0 aliphatic rings. The predicted octanol–water partition coefficient (Wildman–Crippen LogP) is 23.0. The molecular formula is C75H123N11OS. The van der Waals surface area contributed by atoms with Gasteiger partial charge < -0.3 is 4.42 Å². The average Bonchev–Trinajstić information content (AvgIpc) is 1.75. The number of benzene rings is 3. The Hall–Kier alpha value is -7.51. The normalized spacial score (nSPS) is 8.34. The fourth-order valence-electron chi connectivity index (χ4n) is 6.24. The quantitative estimate of drug-likeness (QED) is 0.133. The number of hydrogen-bond acceptors (Lipinski definition) is 13. The van der Waals surface area contributed by atoms with Crippen molar-refractivity contribution in [1.29, 1.82) is 0 Å². The maximum atomic E-state index is 5.08. The Labute approximate surface area is 543 Å². The second kappa shape index (κ2) is 65.5. The molecule has 0 N–H and O–H groups in total. The highest BCUT2D eigenvalue weighted by Gasteiger charge is 2.01. The SMILES string of the molecule is CC.CC.CC.CC.CC.CC.CC.CC.CC.Cc1cc(C)ncn1.Cc1ccc(C)o1.Cc1ccc(C)s1.Cc1ccc2c(ccc3cc(C)ccc32)c1.Cc1ccnc(C)n1.Cc1ccnc(C)n1.Cc1cncc(C)n1.Cc1ncnc(C)n1. The van der Waals surface area contributed by atoms with Crippen molar-refractivity contribution in [2.75, 3.05) is 0 Å². The summed E-state index contributed by atoms with van der Waals surface area (Å²) in [6, 6.07) is 31.6. The van der Waals surface area contributed by atoms with Crippen LogP contribution in [-0.2, 0) is 0 Å². The topological polar surface area (TPSA) is 155 Å². The Balaban J connectivity index is -0.000000166. The molecule has 0 unspecified atom stereocenters. The minimum Gasteiger partial charge on any atom is -0.467 e. The molecule has 0 atom stereocenters. The van der Waals surface area contributed by atoms with Crippen molar-refractivity contribution in [2.24, 2.45) is 0 Å². The largest absolute Gasteiger partial charge is 0.467 e. The van der Waals surface area contributed by atoms with Crippen LogP contribution in [0.4, 0.5) is 0 Å². The lowest BCUT2D eigenvalue weighted by Crippen LogP contribution is -1.91. The zero-order chi connectivity index (χ0) is 69.6. The van der Waals surface area contributed by atoms with Gasteiger partial charge in [-0.3, -0.25) is 9.97 Å². The lowest BCUT2D eigenvalue weighted by molar-refractivity contribution is 0.504. The van der Waals surface area contributed by atoms with Crippen LogP contribution in [0.25, 0.3) is 21.5 Å². The summed E-state index contributed by atoms with van der Waals surface area (Å²) in [6.45, 7) is 67.5. The Bertz CT molecular complexity index is 2640. The van der Waals surface area contributed by atoms with Gasteiger partial charge in [0, 0.05) is 57.3 Å². The van der Waals surface area contributed by atoms with E-state index >= 15 is 0 Å². The highest BCUT2D eigenvalue weighted by molar-refractivity contribution is 7.11. The zero-order valence-corrected chi connectivity index (χ0v) is 62.7. The van der Waals surface area contributed by atoms with Crippen LogP contribution >= 0.6 is 11.3 Å². The number of hydrogen-bond donors (Lipinski definition) is 0. The number of thiophene rings is 1. The van der Waals surface area contributed by atoms with Gasteiger partial charge >= 0.3 is 0 Å². The van der Waals surface area contributed by atoms with Gasteiger partial charge in [-0.1, -0.05) is 184 Å². The Morgan fingerprint density at radius 1 is 0.284 bits per heavy atom. The van der Waals surface area contributed by atoms with E-state index in [2.05, 4.69) is 143 Å². The van der Waals surface area contributed by atoms with Crippen LogP contribution in [0.15, 0.2) is 133 Å². The molecule has 0 amide bonds. The number of rotatable bonds is 0. The summed E-state index contributed by atoms with van der Waals surface area (Å²) in [7, 11) is 0. The zero-order valence-electron chi connectivity index (χ0n) is 61.9. The van der Waals surface area contributed by atoms with Gasteiger partial charge in [0.15, 0.2) is 0 Å². The molecule has 0 radical (unpaired) electrons. The second-order valence-electron chi connectivity index (χ2n) is 16.5. The summed E-state index contributed by atoms with van der Waals surface area (Å²) >= 11 is 1.84. The van der Waals surface area contributed by atoms with Gasteiger partial charge in [0.1, 0.15) is 47.5 Å². The molecule has 0 spiro atoms. The van der Waals surface area contributed by atoms with Crippen molar-refractivity contribution >= 4 is 32.9 Å². The van der Waals surface area contributed by atoms with Crippen LogP contribution in [0.1, 0.15) is 214 Å². The first kappa shape index (κ1) is 94.2. The van der Waals surface area contributed by atoms with Gasteiger partial charge in [0.05, 0.1) is 11.4 Å². The molecule has 12 nitrogen and oxygen atoms in total. The predicted molar refractivity (Wildman–Crippen MR) is 390 cm³/mol. The molecule has 10 rings (SSSR count). The molecule has 0 saturated heterocycles. The van der Waals surface area contributed by atoms with E-state index in [4.69, 9.17) is 4.42 Å². The monoisotopic (exact) mass is 1230 g/mol. The van der Waals surface area contributed by atoms with Crippen molar-refractivity contribution < 1.29 is 4.42 Å². The Kier molecular flexibility index (Phi) is 70.1. The average molecular weight is 1230 g/mol. The lowest BCUT2D eigenvalue weighted by atomic mass is 9.99. The first-order valence-electron chi connectivity index (χ1n) is 31.9. The summed E-state index contributed by atoms with van der Waals surface area (Å²) in [6.07, 6.45) is 10.1. The fourth-order valence-corrected chi connectivity index (χ4v) is 7.02. The van der Waals surface area contributed by atoms with Gasteiger partial charge in [0.25, 0.3) is 0 Å². The smallest absolute Gasteiger partial charge is 0.129 e. The molecule has 13 heteroatoms. The molecule has 0 aliphatic heterocycles. The van der Waals surface area contributed by atoms with Crippen LogP contribution in [-0.4, -0.2) is 54.8 Å². The molecule has 0 aliphatic carbocycles. The maximum absolute atomic E-state index is 5.08. The number of nitrogens with zero attached hydrogens (tertiary/aromatic N) is 11. The molecule has 7 heterocycles. The highest BCUT2D eigenvalue weighted by atomic mass is 32.1. The minimum absolute atomic E-state index is 0.775. The van der Waals surface area contributed by atoms with Crippen molar-refractivity contribution in [3.05, 3.63) is 218 Å². The third-order valence-electron chi connectivity index (χ3n) is 9.36. The van der Waals surface area contributed by atoms with Crippen molar-refractivity contribution in [3.8, 4) is 0 Å². The van der Waals surface area contributed by atoms with E-state index in [1.165, 1.54) is 48.8 Å². The van der Waals surface area contributed by atoms with E-state index in [1.54, 1.807) is 31.1 Å². The number of aromatic nitrogens is 11. The summed E-state index contributed by atoms with van der Waals surface area (Å²) in [4.78, 5) is 46.3. The van der Waals surface area contributed by atoms with E-state index in [-0.39, 0.29) is 0 Å². The number of furan rings is 1. The van der Waals surface area contributed by atoms with Crippen LogP contribution in [0, 0.1) is 111 Å². The standard InChI is InChI=1S/C16H14.4C6H8N2.C6H8O.C6H8S.C5H7N3.9C2H6/c1-11-3-7-15-13(9-11)5-6-14-10-12(2)4-8-16(14)15;1-5-3-7-4-6(2)8-5;1-5-3-6(2)8-4-7-5;2*1-5-3-4-7-6(2)8-5;2*1-5-3-4-6(2)7-5;1-4-6-3-7-5(2)8-4;9*1-2/h3-10H,1-2H3;4*3-4H,1-2H3;2*3-4H,1-2H3;3H,1-2H3;9*1-2H3. The van der Waals surface area contributed by atoms with E-state index in [0.717, 1.165) is 69.0 Å². The molecule has 10 aromatic rings. The molecule has 3 aromatic carbocycles. The van der Waals surface area contributed by atoms with Gasteiger partial charge in [-0.05, 0) is 175 Å². The molecule has 0 bridgehead atoms. The minimum atomic E-state index is 0.775. The van der Waals surface area contributed by atoms with Gasteiger partial charge in [-0.25, -0.2) is 44.9 Å². The first-order valence-corrected chi connectivity index (χ1v) is 32.7. The van der Waals surface area contributed by atoms with Crippen LogP contribution in [0.2, 0.25) is 0 Å². The summed E-state index contributed by atoms with van der Waals surface area (Å²) in [5.41, 5.74) is 8.69. The van der Waals surface area contributed by atoms with Crippen molar-refractivity contribution in [2.45, 2.75) is 235 Å². The van der Waals surface area contributed by atoms with Gasteiger partial charge in [-0.2, -0.15) is 0 Å². The van der Waals surface area contributed by atoms with E-state index in [0.29, 0.717) is 0 Å². The summed E-state index contributed by atoms with van der Waals surface area (Å²) in [5.74, 6) is 5.19. The maximum Gasteiger partial charge on any atom is 0.129 e. The van der Waals surface area contributed by atoms with E-state index < -0.39 is 0 Å². The Morgan fingerprint density at radius 3 is 0.818 bits per heavy atom. The second-order valence-corrected chi connectivity index (χ2v) is 18.0. The van der Waals surface area contributed by atoms with E-state index in [1.807, 2.05) is 249 Å². The first-order chi connectivity index (χ1) is 42.3. The fraction of sp³-hybridized carbons (Fsp3) is 0.453. The molecule has 7 aromatic heterocycles. The van der Waals surface area contributed by atoms with Crippen molar-refractivity contribution in [3.63, 3.8) is 0 Å². The Morgan fingerprint density at radius 2 is 0.614 bits per heavy atom. The van der Waals surface area contributed by atoms with Crippen LogP contribution in [0.3, 0.4) is 0 Å². The van der Waals surface area contributed by atoms with Gasteiger partial charge in [-0.15, -0.1) is 11.3 Å². The molecular weight excluding hydrogens is 1100 g/mol. The van der Waals surface area contributed by atoms with Gasteiger partial charge in [0.2, 0.25) is 0 Å². The third kappa shape index (κ3) is 51.7. The third-order valence-corrected chi connectivity index (χ3v) is 10.3. The number of fused-ring (bicyclic) bond motifs is 3. The van der Waals surface area contributed by atoms with Crippen LogP contribution in [0.5, 0.6) is 0 Å². The summed E-state index contributed by atoms with van der Waals surface area (Å²) < 4.78 is 5.08. The lowest BCUT2D eigenvalue weighted by Gasteiger charge is -2.05. The van der Waals surface area contributed by atoms with Crippen molar-refractivity contribution in [1.82, 2.24) is 54.8 Å². The number of aryl methyl sites for hydroxylation is 16. The molecule has 0 fully saturated rings. The summed E-state index contributed by atoms with van der Waals surface area (Å²) in [5, 5.41) is 5.36.